The predicted molar refractivity (Wildman–Crippen MR) is 79.8 cm³/mol. The molecule has 3 aliphatic rings. The second kappa shape index (κ2) is 4.32. The van der Waals surface area contributed by atoms with Crippen LogP contribution in [0.5, 0.6) is 0 Å². The molecule has 0 saturated carbocycles. The van der Waals surface area contributed by atoms with Crippen LogP contribution in [0, 0.1) is 5.92 Å². The topological polar surface area (TPSA) is 36.1 Å². The van der Waals surface area contributed by atoms with Crippen molar-refractivity contribution < 1.29 is 4.79 Å². The summed E-state index contributed by atoms with van der Waals surface area (Å²) in [7, 11) is 0. The van der Waals surface area contributed by atoms with Crippen molar-refractivity contribution in [3.05, 3.63) is 47.2 Å². The zero-order valence-corrected chi connectivity index (χ0v) is 11.6. The molecule has 1 fully saturated rings. The standard InChI is InChI=1S/C17H18N2O/c1-2-11-9-19-8-7-12(11)17(20)16-14(10-19)13-5-3-4-6-15(13)18-16/h2-6,12,18H,7-10H2,1H3/b11-2-/t12-/m1/s1. The Labute approximate surface area is 118 Å². The van der Waals surface area contributed by atoms with E-state index in [0.29, 0.717) is 0 Å². The average Bonchev–Trinajstić information content (AvgIpc) is 2.83. The normalized spacial score (nSPS) is 27.6. The fraction of sp³-hybridized carbons (Fsp3) is 0.353. The number of benzene rings is 1. The Morgan fingerprint density at radius 1 is 1.30 bits per heavy atom. The number of piperidine rings is 1. The van der Waals surface area contributed by atoms with Gasteiger partial charge in [0.15, 0.2) is 5.78 Å². The Morgan fingerprint density at radius 3 is 3.00 bits per heavy atom. The molecule has 1 saturated heterocycles. The second-order valence-corrected chi connectivity index (χ2v) is 5.80. The lowest BCUT2D eigenvalue weighted by molar-refractivity contribution is 0.0875. The number of para-hydroxylation sites is 1. The van der Waals surface area contributed by atoms with E-state index >= 15 is 0 Å². The van der Waals surface area contributed by atoms with Crippen LogP contribution in [0.25, 0.3) is 10.9 Å². The third-order valence-corrected chi connectivity index (χ3v) is 4.72. The maximum absolute atomic E-state index is 12.9. The van der Waals surface area contributed by atoms with Gasteiger partial charge in [-0.2, -0.15) is 0 Å². The van der Waals surface area contributed by atoms with Crippen LogP contribution in [0.1, 0.15) is 29.4 Å². The first-order valence-corrected chi connectivity index (χ1v) is 7.29. The smallest absolute Gasteiger partial charge is 0.186 e. The summed E-state index contributed by atoms with van der Waals surface area (Å²) >= 11 is 0. The number of aromatic amines is 1. The highest BCUT2D eigenvalue weighted by molar-refractivity contribution is 6.04. The Bertz CT molecular complexity index is 726. The lowest BCUT2D eigenvalue weighted by Gasteiger charge is -2.36. The lowest BCUT2D eigenvalue weighted by Crippen LogP contribution is -2.40. The van der Waals surface area contributed by atoms with Gasteiger partial charge in [0.25, 0.3) is 0 Å². The minimum Gasteiger partial charge on any atom is -0.352 e. The van der Waals surface area contributed by atoms with Crippen molar-refractivity contribution in [3.8, 4) is 0 Å². The van der Waals surface area contributed by atoms with Crippen LogP contribution in [-0.4, -0.2) is 28.8 Å². The molecule has 4 heterocycles. The Morgan fingerprint density at radius 2 is 2.15 bits per heavy atom. The number of carbonyl (C=O) groups is 1. The van der Waals surface area contributed by atoms with Gasteiger partial charge in [0.1, 0.15) is 0 Å². The third-order valence-electron chi connectivity index (χ3n) is 4.72. The molecule has 0 spiro atoms. The molecule has 3 nitrogen and oxygen atoms in total. The molecule has 2 atom stereocenters. The van der Waals surface area contributed by atoms with Gasteiger partial charge in [-0.15, -0.1) is 0 Å². The van der Waals surface area contributed by atoms with E-state index in [0.717, 1.165) is 37.3 Å². The van der Waals surface area contributed by atoms with Crippen molar-refractivity contribution in [1.82, 2.24) is 9.88 Å². The molecule has 3 heteroatoms. The molecule has 1 N–H and O–H groups in total. The molecule has 2 aromatic rings. The van der Waals surface area contributed by atoms with E-state index in [2.05, 4.69) is 28.1 Å². The number of nitrogens with one attached hydrogen (secondary N) is 1. The van der Waals surface area contributed by atoms with E-state index in [1.54, 1.807) is 0 Å². The number of nitrogens with zero attached hydrogens (tertiary/aromatic N) is 1. The molecule has 102 valence electrons. The number of aromatic nitrogens is 1. The fourth-order valence-corrected chi connectivity index (χ4v) is 3.64. The number of carbonyl (C=O) groups excluding carboxylic acids is 1. The molecular formula is C17H18N2O. The highest BCUT2D eigenvalue weighted by Crippen LogP contribution is 2.35. The number of hydrogen-bond donors (Lipinski definition) is 1. The molecule has 20 heavy (non-hydrogen) atoms. The summed E-state index contributed by atoms with van der Waals surface area (Å²) in [6, 6.07) is 8.24. The number of Topliss-reactive ketones (excluding diaryl/α,β-unsaturated/α-hetero) is 1. The zero-order chi connectivity index (χ0) is 13.7. The van der Waals surface area contributed by atoms with Gasteiger partial charge in [-0.3, -0.25) is 9.69 Å². The molecule has 0 aliphatic carbocycles. The van der Waals surface area contributed by atoms with Gasteiger partial charge in [-0.1, -0.05) is 24.3 Å². The van der Waals surface area contributed by atoms with Gasteiger partial charge in [0, 0.05) is 35.5 Å². The Balaban J connectivity index is 1.95. The van der Waals surface area contributed by atoms with Crippen molar-refractivity contribution in [2.75, 3.05) is 13.1 Å². The number of fused-ring (bicyclic) bond motifs is 3. The van der Waals surface area contributed by atoms with Crippen molar-refractivity contribution in [2.24, 2.45) is 5.92 Å². The summed E-state index contributed by atoms with van der Waals surface area (Å²) in [5.41, 5.74) is 4.38. The van der Waals surface area contributed by atoms with Gasteiger partial charge in [-0.05, 0) is 31.5 Å². The number of allylic oxidation sites excluding steroid dienone is 1. The van der Waals surface area contributed by atoms with Crippen LogP contribution in [0.4, 0.5) is 0 Å². The molecule has 5 rings (SSSR count). The molecule has 1 aromatic carbocycles. The van der Waals surface area contributed by atoms with Crippen LogP contribution in [0.2, 0.25) is 0 Å². The Hall–Kier alpha value is -1.87. The summed E-state index contributed by atoms with van der Waals surface area (Å²) in [6.45, 7) is 4.88. The van der Waals surface area contributed by atoms with Crippen LogP contribution < -0.4 is 0 Å². The molecule has 0 radical (unpaired) electrons. The Kier molecular flexibility index (Phi) is 2.57. The summed E-state index contributed by atoms with van der Waals surface area (Å²) in [6.07, 6.45) is 3.08. The second-order valence-electron chi connectivity index (χ2n) is 5.80. The summed E-state index contributed by atoms with van der Waals surface area (Å²) in [4.78, 5) is 18.7. The average molecular weight is 266 g/mol. The summed E-state index contributed by atoms with van der Waals surface area (Å²) in [5, 5.41) is 1.20. The minimum atomic E-state index is 0.0726. The number of rotatable bonds is 0. The van der Waals surface area contributed by atoms with Gasteiger partial charge in [0.05, 0.1) is 5.69 Å². The largest absolute Gasteiger partial charge is 0.352 e. The van der Waals surface area contributed by atoms with Crippen molar-refractivity contribution in [1.29, 1.82) is 0 Å². The number of hydrogen-bond acceptors (Lipinski definition) is 2. The first kappa shape index (κ1) is 11.9. The third kappa shape index (κ3) is 1.59. The molecular weight excluding hydrogens is 248 g/mol. The maximum atomic E-state index is 12.9. The first-order valence-electron chi connectivity index (χ1n) is 7.29. The van der Waals surface area contributed by atoms with E-state index in [-0.39, 0.29) is 11.7 Å². The summed E-state index contributed by atoms with van der Waals surface area (Å²) in [5.74, 6) is 0.354. The van der Waals surface area contributed by atoms with Gasteiger partial charge in [0.2, 0.25) is 0 Å². The molecule has 0 amide bonds. The molecule has 1 unspecified atom stereocenters. The summed E-state index contributed by atoms with van der Waals surface area (Å²) < 4.78 is 0. The van der Waals surface area contributed by atoms with Crippen molar-refractivity contribution in [2.45, 2.75) is 19.9 Å². The highest BCUT2D eigenvalue weighted by Gasteiger charge is 2.35. The van der Waals surface area contributed by atoms with Crippen LogP contribution in [0.3, 0.4) is 0 Å². The minimum absolute atomic E-state index is 0.0726. The highest BCUT2D eigenvalue weighted by atomic mass is 16.1. The molecule has 3 aliphatic heterocycles. The predicted octanol–water partition coefficient (Wildman–Crippen LogP) is 3.13. The van der Waals surface area contributed by atoms with Gasteiger partial charge < -0.3 is 4.98 Å². The SMILES string of the molecule is C/C=C1/CN2CC[C@H]1C(=O)c1[nH]c3ccccc3c1C2. The lowest BCUT2D eigenvalue weighted by atomic mass is 9.83. The zero-order valence-electron chi connectivity index (χ0n) is 11.6. The van der Waals surface area contributed by atoms with Gasteiger partial charge in [-0.25, -0.2) is 0 Å². The quantitative estimate of drug-likeness (QED) is 0.744. The monoisotopic (exact) mass is 266 g/mol. The van der Waals surface area contributed by atoms with E-state index < -0.39 is 0 Å². The van der Waals surface area contributed by atoms with Crippen LogP contribution >= 0.6 is 0 Å². The molecule has 2 bridgehead atoms. The fourth-order valence-electron chi connectivity index (χ4n) is 3.64. The van der Waals surface area contributed by atoms with Gasteiger partial charge >= 0.3 is 0 Å². The number of ketones is 1. The van der Waals surface area contributed by atoms with Crippen molar-refractivity contribution >= 4 is 16.7 Å². The molecule has 1 aromatic heterocycles. The van der Waals surface area contributed by atoms with E-state index in [4.69, 9.17) is 0 Å². The number of H-pyrrole nitrogens is 1. The van der Waals surface area contributed by atoms with E-state index in [9.17, 15) is 4.79 Å². The van der Waals surface area contributed by atoms with E-state index in [1.165, 1.54) is 16.5 Å². The maximum Gasteiger partial charge on any atom is 0.186 e. The van der Waals surface area contributed by atoms with Crippen LogP contribution in [-0.2, 0) is 6.54 Å². The van der Waals surface area contributed by atoms with E-state index in [1.807, 2.05) is 19.1 Å². The first-order chi connectivity index (χ1) is 9.78. The van der Waals surface area contributed by atoms with Crippen molar-refractivity contribution in [3.63, 3.8) is 0 Å². The van der Waals surface area contributed by atoms with Crippen LogP contribution in [0.15, 0.2) is 35.9 Å².